The molecule has 5 rings (SSSR count). The minimum Gasteiger partial charge on any atom is -0.444 e. The number of anilines is 2. The highest BCUT2D eigenvalue weighted by Gasteiger charge is 2.39. The Bertz CT molecular complexity index is 2060. The molecule has 58 heavy (non-hydrogen) atoms. The average molecular weight is 839 g/mol. The summed E-state index contributed by atoms with van der Waals surface area (Å²) in [4.78, 5) is 59.6. The molecule has 2 heterocycles. The maximum absolute atomic E-state index is 14.4. The lowest BCUT2D eigenvalue weighted by Gasteiger charge is -2.40. The van der Waals surface area contributed by atoms with Crippen LogP contribution in [0.3, 0.4) is 0 Å². The zero-order valence-electron chi connectivity index (χ0n) is 34.3. The molecule has 14 nitrogen and oxygen atoms in total. The molecule has 314 valence electrons. The molecule has 0 aliphatic carbocycles. The first-order valence-electron chi connectivity index (χ1n) is 19.4. The van der Waals surface area contributed by atoms with E-state index in [1.54, 1.807) is 70.7 Å². The lowest BCUT2D eigenvalue weighted by Crippen LogP contribution is -2.59. The van der Waals surface area contributed by atoms with Gasteiger partial charge in [-0.3, -0.25) is 18.8 Å². The van der Waals surface area contributed by atoms with Crippen molar-refractivity contribution in [3.8, 4) is 0 Å². The molecule has 1 saturated heterocycles. The highest BCUT2D eigenvalue weighted by atomic mass is 35.5. The van der Waals surface area contributed by atoms with Crippen molar-refractivity contribution in [3.05, 3.63) is 94.5 Å². The van der Waals surface area contributed by atoms with Crippen molar-refractivity contribution in [2.24, 2.45) is 0 Å². The van der Waals surface area contributed by atoms with E-state index < -0.39 is 51.4 Å². The number of ether oxygens (including phenoxy) is 2. The number of sulfonamides is 1. The highest BCUT2D eigenvalue weighted by Crippen LogP contribution is 2.32. The minimum atomic E-state index is -3.77. The van der Waals surface area contributed by atoms with Crippen LogP contribution in [0, 0.1) is 0 Å². The highest BCUT2D eigenvalue weighted by molar-refractivity contribution is 7.92. The summed E-state index contributed by atoms with van der Waals surface area (Å²) in [5, 5.41) is 6.17. The van der Waals surface area contributed by atoms with Crippen molar-refractivity contribution in [2.45, 2.75) is 84.2 Å². The van der Waals surface area contributed by atoms with E-state index in [-0.39, 0.29) is 38.4 Å². The molecule has 1 fully saturated rings. The summed E-state index contributed by atoms with van der Waals surface area (Å²) in [5.41, 5.74) is 2.25. The standard InChI is InChI=1S/C42H55ClN6O8S/c1-41(2,3)56-39(52)44-20-21-49(58(7,54)55)35-15-11-10-14-34(35)46-22-24-47(25-23-46)38(51)33(26-29-16-18-32(43)19-17-29)45-37(50)36-27-30-12-8-9-13-31(30)28-48(36)40(53)57-42(4,5)6/h8-19,33,36H,20-28H2,1-7H3,(H,44,52)(H,45,50)/t33-,36+/m1/s1. The van der Waals surface area contributed by atoms with E-state index in [0.29, 0.717) is 42.6 Å². The number of piperazine rings is 1. The summed E-state index contributed by atoms with van der Waals surface area (Å²) in [6.07, 6.45) is 0.282. The van der Waals surface area contributed by atoms with Gasteiger partial charge >= 0.3 is 12.2 Å². The van der Waals surface area contributed by atoms with Gasteiger partial charge < -0.3 is 29.9 Å². The van der Waals surface area contributed by atoms with E-state index in [1.165, 1.54) is 9.21 Å². The number of nitrogens with zero attached hydrogens (tertiary/aromatic N) is 4. The van der Waals surface area contributed by atoms with E-state index in [0.717, 1.165) is 22.9 Å². The molecule has 3 aromatic carbocycles. The number of carbonyl (C=O) groups is 4. The zero-order valence-corrected chi connectivity index (χ0v) is 35.9. The van der Waals surface area contributed by atoms with Crippen molar-refractivity contribution in [1.82, 2.24) is 20.4 Å². The second-order valence-corrected chi connectivity index (χ2v) is 18.9. The molecule has 0 saturated carbocycles. The lowest BCUT2D eigenvalue weighted by atomic mass is 9.93. The number of benzene rings is 3. The first-order chi connectivity index (χ1) is 27.2. The number of hydrogen-bond donors (Lipinski definition) is 2. The molecule has 2 aliphatic rings. The smallest absolute Gasteiger partial charge is 0.411 e. The van der Waals surface area contributed by atoms with Gasteiger partial charge in [-0.15, -0.1) is 0 Å². The van der Waals surface area contributed by atoms with Crippen LogP contribution < -0.4 is 19.8 Å². The number of carbonyl (C=O) groups excluding carboxylic acids is 4. The van der Waals surface area contributed by atoms with Gasteiger partial charge in [-0.25, -0.2) is 18.0 Å². The molecule has 3 aromatic rings. The Kier molecular flexibility index (Phi) is 13.9. The largest absolute Gasteiger partial charge is 0.444 e. The fourth-order valence-corrected chi connectivity index (χ4v) is 8.02. The number of hydrogen-bond acceptors (Lipinski definition) is 9. The van der Waals surface area contributed by atoms with E-state index in [2.05, 4.69) is 10.6 Å². The van der Waals surface area contributed by atoms with Gasteiger partial charge in [-0.2, -0.15) is 0 Å². The summed E-state index contributed by atoms with van der Waals surface area (Å²) < 4.78 is 38.4. The zero-order chi connectivity index (χ0) is 42.4. The van der Waals surface area contributed by atoms with Crippen molar-refractivity contribution in [2.75, 3.05) is 54.7 Å². The quantitative estimate of drug-likeness (QED) is 0.259. The van der Waals surface area contributed by atoms with Crippen molar-refractivity contribution < 1.29 is 37.1 Å². The van der Waals surface area contributed by atoms with Gasteiger partial charge in [-0.05, 0) is 82.5 Å². The van der Waals surface area contributed by atoms with E-state index in [4.69, 9.17) is 21.1 Å². The first-order valence-corrected chi connectivity index (χ1v) is 21.6. The summed E-state index contributed by atoms with van der Waals surface area (Å²) in [7, 11) is -3.77. The number of para-hydroxylation sites is 2. The first kappa shape index (κ1) is 44.1. The van der Waals surface area contributed by atoms with Crippen LogP contribution in [0.5, 0.6) is 0 Å². The maximum Gasteiger partial charge on any atom is 0.411 e. The van der Waals surface area contributed by atoms with Crippen molar-refractivity contribution >= 4 is 57.0 Å². The van der Waals surface area contributed by atoms with Gasteiger partial charge in [0.25, 0.3) is 0 Å². The molecule has 2 atom stereocenters. The molecule has 0 bridgehead atoms. The summed E-state index contributed by atoms with van der Waals surface area (Å²) in [5.74, 6) is -0.760. The van der Waals surface area contributed by atoms with Crippen LogP contribution in [-0.4, -0.2) is 111 Å². The molecule has 4 amide bonds. The third kappa shape index (κ3) is 12.0. The Labute approximate surface area is 346 Å². The van der Waals surface area contributed by atoms with Crippen molar-refractivity contribution in [3.63, 3.8) is 0 Å². The summed E-state index contributed by atoms with van der Waals surface area (Å²) in [6, 6.07) is 19.9. The minimum absolute atomic E-state index is 0.0161. The Morgan fingerprint density at radius 2 is 1.45 bits per heavy atom. The third-order valence-electron chi connectivity index (χ3n) is 9.61. The molecule has 0 unspecified atom stereocenters. The van der Waals surface area contributed by atoms with Crippen molar-refractivity contribution in [1.29, 1.82) is 0 Å². The molecule has 0 aromatic heterocycles. The van der Waals surface area contributed by atoms with Crippen LogP contribution in [0.1, 0.15) is 58.2 Å². The summed E-state index contributed by atoms with van der Waals surface area (Å²) in [6.45, 7) is 12.0. The normalized spacial score (nSPS) is 16.5. The van der Waals surface area contributed by atoms with Gasteiger partial charge in [-0.1, -0.05) is 60.1 Å². The number of fused-ring (bicyclic) bond motifs is 1. The number of alkyl carbamates (subject to hydrolysis) is 1. The number of rotatable bonds is 11. The number of halogens is 1. The lowest BCUT2D eigenvalue weighted by molar-refractivity contribution is -0.138. The van der Waals surface area contributed by atoms with Gasteiger partial charge in [0.1, 0.15) is 23.3 Å². The van der Waals surface area contributed by atoms with Gasteiger partial charge in [0.2, 0.25) is 21.8 Å². The van der Waals surface area contributed by atoms with Crippen LogP contribution in [-0.2, 0) is 48.5 Å². The maximum atomic E-state index is 14.4. The average Bonchev–Trinajstić information content (AvgIpc) is 3.14. The second kappa shape index (κ2) is 18.3. The molecule has 16 heteroatoms. The van der Waals surface area contributed by atoms with E-state index >= 15 is 0 Å². The van der Waals surface area contributed by atoms with Crippen LogP contribution >= 0.6 is 11.6 Å². The van der Waals surface area contributed by atoms with Crippen LogP contribution in [0.2, 0.25) is 5.02 Å². The SMILES string of the molecule is CC(C)(C)OC(=O)NCCN(c1ccccc1N1CCN(C(=O)[C@@H](Cc2ccc(Cl)cc2)NC(=O)[C@@H]2Cc3ccccc3CN2C(=O)OC(C)(C)C)CC1)S(C)(=O)=O. The van der Waals surface area contributed by atoms with Gasteiger partial charge in [0, 0.05) is 50.6 Å². The summed E-state index contributed by atoms with van der Waals surface area (Å²) >= 11 is 6.17. The Morgan fingerprint density at radius 1 is 0.845 bits per heavy atom. The van der Waals surface area contributed by atoms with E-state index in [9.17, 15) is 27.6 Å². The number of nitrogens with one attached hydrogen (secondary N) is 2. The third-order valence-corrected chi connectivity index (χ3v) is 11.0. The fourth-order valence-electron chi connectivity index (χ4n) is 6.96. The van der Waals surface area contributed by atoms with Gasteiger partial charge in [0.05, 0.1) is 30.7 Å². The number of amides is 4. The Morgan fingerprint density at radius 3 is 2.07 bits per heavy atom. The Balaban J connectivity index is 1.33. The topological polar surface area (TPSA) is 158 Å². The van der Waals surface area contributed by atoms with Crippen LogP contribution in [0.15, 0.2) is 72.8 Å². The molecule has 2 aliphatic heterocycles. The molecular formula is C42H55ClN6O8S. The molecule has 0 radical (unpaired) electrons. The fraction of sp³-hybridized carbons (Fsp3) is 0.476. The molecular weight excluding hydrogens is 784 g/mol. The molecule has 2 N–H and O–H groups in total. The monoisotopic (exact) mass is 838 g/mol. The second-order valence-electron chi connectivity index (χ2n) is 16.6. The predicted octanol–water partition coefficient (Wildman–Crippen LogP) is 5.37. The van der Waals surface area contributed by atoms with E-state index in [1.807, 2.05) is 53.4 Å². The van der Waals surface area contributed by atoms with Crippen LogP contribution in [0.25, 0.3) is 0 Å². The predicted molar refractivity (Wildman–Crippen MR) is 224 cm³/mol. The van der Waals surface area contributed by atoms with Gasteiger partial charge in [0.15, 0.2) is 0 Å². The molecule has 0 spiro atoms. The Hall–Kier alpha value is -5.02. The van der Waals surface area contributed by atoms with Crippen LogP contribution in [0.4, 0.5) is 21.0 Å².